The van der Waals surface area contributed by atoms with Gasteiger partial charge in [0.15, 0.2) is 17.1 Å². The summed E-state index contributed by atoms with van der Waals surface area (Å²) < 4.78 is 44.3. The normalized spacial score (nSPS) is 14.9. The van der Waals surface area contributed by atoms with E-state index in [9.17, 15) is 38.3 Å². The van der Waals surface area contributed by atoms with E-state index in [4.69, 9.17) is 32.7 Å². The van der Waals surface area contributed by atoms with E-state index in [1.807, 2.05) is 19.0 Å². The third-order valence-electron chi connectivity index (χ3n) is 6.45. The van der Waals surface area contributed by atoms with Gasteiger partial charge in [0.05, 0.1) is 15.6 Å². The van der Waals surface area contributed by atoms with Crippen LogP contribution in [0.3, 0.4) is 0 Å². The van der Waals surface area contributed by atoms with Crippen LogP contribution in [-0.4, -0.2) is 63.5 Å². The van der Waals surface area contributed by atoms with Gasteiger partial charge in [-0.25, -0.2) is 13.9 Å². The van der Waals surface area contributed by atoms with Crippen molar-refractivity contribution in [1.82, 2.24) is 10.2 Å². The van der Waals surface area contributed by atoms with Crippen molar-refractivity contribution in [2.75, 3.05) is 27.2 Å². The number of fused-ring (bicyclic) bond motifs is 6. The van der Waals surface area contributed by atoms with Gasteiger partial charge in [0.1, 0.15) is 11.5 Å². The zero-order valence-electron chi connectivity index (χ0n) is 22.1. The molecule has 18 heteroatoms. The second-order valence-electron chi connectivity index (χ2n) is 9.71. The first-order valence-electron chi connectivity index (χ1n) is 12.2. The molecule has 0 fully saturated rings. The van der Waals surface area contributed by atoms with Gasteiger partial charge in [-0.15, -0.1) is 0 Å². The quantitative estimate of drug-likeness (QED) is 0.171. The van der Waals surface area contributed by atoms with Crippen LogP contribution in [-0.2, 0) is 19.5 Å². The first-order chi connectivity index (χ1) is 20.0. The molecule has 5 rings (SSSR count). The van der Waals surface area contributed by atoms with Gasteiger partial charge < -0.3 is 28.7 Å². The zero-order valence-corrected chi connectivity index (χ0v) is 25.4. The smallest absolute Gasteiger partial charge is 0.456 e. The van der Waals surface area contributed by atoms with Crippen molar-refractivity contribution in [2.45, 2.75) is 5.60 Å². The number of nitrogens with zero attached hydrogens (tertiary/aromatic N) is 1. The number of nitrogens with one attached hydrogen (secondary N) is 1. The molecule has 1 spiro atoms. The molecule has 43 heavy (non-hydrogen) atoms. The van der Waals surface area contributed by atoms with E-state index in [-0.39, 0.29) is 49.4 Å². The van der Waals surface area contributed by atoms with Crippen molar-refractivity contribution < 1.29 is 56.8 Å². The van der Waals surface area contributed by atoms with Crippen LogP contribution in [0.5, 0.6) is 23.0 Å². The Morgan fingerprint density at radius 1 is 0.907 bits per heavy atom. The number of phosphoric ester groups is 2. The van der Waals surface area contributed by atoms with Crippen LogP contribution in [0.1, 0.15) is 37.4 Å². The minimum absolute atomic E-state index is 0.0115. The maximum Gasteiger partial charge on any atom is 0.524 e. The van der Waals surface area contributed by atoms with E-state index in [0.29, 0.717) is 13.1 Å². The minimum Gasteiger partial charge on any atom is -0.456 e. The highest BCUT2D eigenvalue weighted by molar-refractivity contribution is 7.47. The Hall–Kier alpha value is -3.16. The number of phosphoric acid groups is 2. The number of halogens is 2. The molecule has 1 amide bonds. The molecule has 2 aliphatic rings. The number of carbonyl (C=O) groups excluding carboxylic acids is 2. The Morgan fingerprint density at radius 2 is 1.44 bits per heavy atom. The van der Waals surface area contributed by atoms with Crippen molar-refractivity contribution in [2.24, 2.45) is 0 Å². The van der Waals surface area contributed by atoms with Crippen LogP contribution < -0.4 is 19.1 Å². The lowest BCUT2D eigenvalue weighted by molar-refractivity contribution is 0.0224. The highest BCUT2D eigenvalue weighted by Crippen LogP contribution is 2.60. The van der Waals surface area contributed by atoms with Gasteiger partial charge in [0.25, 0.3) is 5.91 Å². The molecule has 2 heterocycles. The lowest BCUT2D eigenvalue weighted by Crippen LogP contribution is -2.33. The van der Waals surface area contributed by atoms with Crippen molar-refractivity contribution >= 4 is 50.7 Å². The molecule has 0 saturated heterocycles. The number of benzene rings is 3. The molecule has 0 unspecified atom stereocenters. The van der Waals surface area contributed by atoms with Gasteiger partial charge >= 0.3 is 21.6 Å². The summed E-state index contributed by atoms with van der Waals surface area (Å²) >= 11 is 12.7. The Bertz CT molecular complexity index is 1690. The standard InChI is InChI=1S/C25H22Cl2N2O12P2/c1-29(2)6-5-28-23(30)12-3-4-14-13(7-12)24(31)39-25(14)15-8-17(26)21(40-42(32,33)34)10-19(15)38-20-11-22(41-43(35,36)37)18(27)9-16(20)25/h3-4,7-11H,5-6H2,1-2H3,(H,28,30)(H2,32,33,34)(H2,35,36,37). The molecule has 0 saturated carbocycles. The number of likely N-dealkylation sites (N-methyl/N-ethyl adjacent to an activating group) is 1. The van der Waals surface area contributed by atoms with Gasteiger partial charge in [-0.05, 0) is 38.4 Å². The lowest BCUT2D eigenvalue weighted by Gasteiger charge is -2.37. The van der Waals surface area contributed by atoms with E-state index in [0.717, 1.165) is 12.1 Å². The second kappa shape index (κ2) is 11.1. The van der Waals surface area contributed by atoms with Crippen LogP contribution in [0, 0.1) is 0 Å². The number of rotatable bonds is 8. The lowest BCUT2D eigenvalue weighted by atomic mass is 9.77. The van der Waals surface area contributed by atoms with Gasteiger partial charge in [0, 0.05) is 47.5 Å². The topological polar surface area (TPSA) is 201 Å². The Balaban J connectivity index is 1.70. The molecular formula is C25H22Cl2N2O12P2. The first kappa shape index (κ1) is 31.3. The second-order valence-corrected chi connectivity index (χ2v) is 12.9. The minimum atomic E-state index is -5.07. The summed E-state index contributed by atoms with van der Waals surface area (Å²) in [7, 11) is -6.44. The van der Waals surface area contributed by atoms with Crippen LogP contribution in [0.2, 0.25) is 10.0 Å². The predicted octanol–water partition coefficient (Wildman–Crippen LogP) is 3.80. The van der Waals surface area contributed by atoms with E-state index >= 15 is 0 Å². The average Bonchev–Trinajstić information content (AvgIpc) is 3.17. The fourth-order valence-corrected chi connectivity index (χ4v) is 6.08. The summed E-state index contributed by atoms with van der Waals surface area (Å²) in [4.78, 5) is 65.4. The fraction of sp³-hybridized carbons (Fsp3) is 0.200. The van der Waals surface area contributed by atoms with Gasteiger partial charge in [-0.1, -0.05) is 29.3 Å². The van der Waals surface area contributed by atoms with Gasteiger partial charge in [0.2, 0.25) is 0 Å². The summed E-state index contributed by atoms with van der Waals surface area (Å²) in [6, 6.07) is 8.87. The van der Waals surface area contributed by atoms with E-state index in [1.54, 1.807) is 0 Å². The maximum atomic E-state index is 13.4. The number of esters is 1. The van der Waals surface area contributed by atoms with Crippen molar-refractivity contribution in [3.63, 3.8) is 0 Å². The summed E-state index contributed by atoms with van der Waals surface area (Å²) in [5, 5.41) is 2.21. The Labute approximate surface area is 253 Å². The maximum absolute atomic E-state index is 13.4. The number of hydrogen-bond donors (Lipinski definition) is 5. The van der Waals surface area contributed by atoms with Crippen LogP contribution in [0.25, 0.3) is 0 Å². The van der Waals surface area contributed by atoms with Crippen LogP contribution in [0.15, 0.2) is 42.5 Å². The van der Waals surface area contributed by atoms with Crippen LogP contribution in [0.4, 0.5) is 0 Å². The SMILES string of the molecule is CN(C)CCNC(=O)c1ccc2c(c1)C(=O)OC21c2cc(Cl)c(OP(=O)(O)O)cc2Oc2cc(OP(=O)(O)O)c(Cl)cc21. The van der Waals surface area contributed by atoms with Crippen LogP contribution >= 0.6 is 38.8 Å². The summed E-state index contributed by atoms with van der Waals surface area (Å²) in [6.45, 7) is 0.933. The Kier molecular flexibility index (Phi) is 8.06. The highest BCUT2D eigenvalue weighted by Gasteiger charge is 2.54. The average molecular weight is 675 g/mol. The predicted molar refractivity (Wildman–Crippen MR) is 151 cm³/mol. The molecule has 0 aromatic heterocycles. The number of hydrogen-bond acceptors (Lipinski definition) is 9. The largest absolute Gasteiger partial charge is 0.524 e. The fourth-order valence-electron chi connectivity index (χ4n) is 4.75. The zero-order chi connectivity index (χ0) is 31.5. The third kappa shape index (κ3) is 6.12. The summed E-state index contributed by atoms with van der Waals surface area (Å²) in [5.74, 6) is -2.50. The molecule has 0 radical (unpaired) electrons. The van der Waals surface area contributed by atoms with Crippen molar-refractivity contribution in [3.8, 4) is 23.0 Å². The van der Waals surface area contributed by atoms with E-state index in [1.165, 1.54) is 30.3 Å². The molecule has 0 aliphatic carbocycles. The highest BCUT2D eigenvalue weighted by atomic mass is 35.5. The van der Waals surface area contributed by atoms with E-state index < -0.39 is 44.6 Å². The summed E-state index contributed by atoms with van der Waals surface area (Å²) in [5.41, 5.74) is -1.24. The number of carbonyl (C=O) groups is 2. The molecule has 0 bridgehead atoms. The molecule has 228 valence electrons. The number of ether oxygens (including phenoxy) is 2. The molecule has 3 aromatic carbocycles. The molecule has 2 aliphatic heterocycles. The molecule has 3 aromatic rings. The van der Waals surface area contributed by atoms with E-state index in [2.05, 4.69) is 14.4 Å². The van der Waals surface area contributed by atoms with Crippen molar-refractivity contribution in [1.29, 1.82) is 0 Å². The first-order valence-corrected chi connectivity index (χ1v) is 16.0. The molecule has 0 atom stereocenters. The monoisotopic (exact) mass is 674 g/mol. The van der Waals surface area contributed by atoms with Crippen molar-refractivity contribution in [3.05, 3.63) is 80.3 Å². The molecular weight excluding hydrogens is 653 g/mol. The molecule has 5 N–H and O–H groups in total. The Morgan fingerprint density at radius 3 is 1.93 bits per heavy atom. The molecule has 14 nitrogen and oxygen atoms in total. The summed E-state index contributed by atoms with van der Waals surface area (Å²) in [6.07, 6.45) is 0. The number of amides is 1. The third-order valence-corrected chi connectivity index (χ3v) is 7.91. The van der Waals surface area contributed by atoms with Gasteiger partial charge in [-0.3, -0.25) is 24.4 Å². The van der Waals surface area contributed by atoms with Gasteiger partial charge in [-0.2, -0.15) is 0 Å².